The number of morpholine rings is 1. The minimum Gasteiger partial charge on any atom is -0.367 e. The number of nitrogens with zero attached hydrogens (tertiary/aromatic N) is 5. The highest BCUT2D eigenvalue weighted by Gasteiger charge is 2.25. The van der Waals surface area contributed by atoms with Crippen LogP contribution in [0.5, 0.6) is 0 Å². The Balaban J connectivity index is 1.63. The lowest BCUT2D eigenvalue weighted by Crippen LogP contribution is -2.38. The summed E-state index contributed by atoms with van der Waals surface area (Å²) in [5.41, 5.74) is 0.963. The minimum absolute atomic E-state index is 0.0164. The average molecular weight is 336 g/mol. The number of ether oxygens (including phenoxy) is 1. The summed E-state index contributed by atoms with van der Waals surface area (Å²) in [5.74, 6) is 1.47. The van der Waals surface area contributed by atoms with Gasteiger partial charge in [0.25, 0.3) is 0 Å². The van der Waals surface area contributed by atoms with Crippen molar-refractivity contribution in [3.8, 4) is 0 Å². The molecule has 124 valence electrons. The SMILES string of the molecule is CC(=O)N(C)c1nc(CN2CCO[C@@H](c3n[nH]c(C)n3)C2)cs1. The summed E-state index contributed by atoms with van der Waals surface area (Å²) in [6.45, 7) is 6.35. The molecule has 1 atom stereocenters. The first-order valence-electron chi connectivity index (χ1n) is 7.44. The van der Waals surface area contributed by atoms with Gasteiger partial charge in [-0.25, -0.2) is 9.97 Å². The van der Waals surface area contributed by atoms with Gasteiger partial charge in [-0.3, -0.25) is 19.7 Å². The molecular formula is C14H20N6O2S. The molecule has 3 heterocycles. The summed E-state index contributed by atoms with van der Waals surface area (Å²) >= 11 is 1.48. The molecule has 0 spiro atoms. The average Bonchev–Trinajstić information content (AvgIpc) is 3.16. The van der Waals surface area contributed by atoms with Gasteiger partial charge in [0.15, 0.2) is 11.0 Å². The molecule has 0 aromatic carbocycles. The summed E-state index contributed by atoms with van der Waals surface area (Å²) in [6, 6.07) is 0. The van der Waals surface area contributed by atoms with E-state index in [1.807, 2.05) is 12.3 Å². The second-order valence-corrected chi connectivity index (χ2v) is 6.41. The molecule has 0 radical (unpaired) electrons. The third-order valence-corrected chi connectivity index (χ3v) is 4.70. The van der Waals surface area contributed by atoms with Crippen LogP contribution in [-0.2, 0) is 16.1 Å². The van der Waals surface area contributed by atoms with Crippen LogP contribution in [0.2, 0.25) is 0 Å². The number of aromatic nitrogens is 4. The van der Waals surface area contributed by atoms with Crippen molar-refractivity contribution in [1.29, 1.82) is 0 Å². The van der Waals surface area contributed by atoms with E-state index >= 15 is 0 Å². The number of H-pyrrole nitrogens is 1. The molecule has 1 aliphatic rings. The molecule has 0 unspecified atom stereocenters. The summed E-state index contributed by atoms with van der Waals surface area (Å²) < 4.78 is 5.76. The maximum atomic E-state index is 11.4. The van der Waals surface area contributed by atoms with E-state index in [-0.39, 0.29) is 12.0 Å². The van der Waals surface area contributed by atoms with Crippen molar-refractivity contribution in [1.82, 2.24) is 25.1 Å². The smallest absolute Gasteiger partial charge is 0.225 e. The largest absolute Gasteiger partial charge is 0.367 e. The molecule has 3 rings (SSSR count). The number of hydrogen-bond acceptors (Lipinski definition) is 7. The second kappa shape index (κ2) is 6.73. The number of amides is 1. The first-order valence-corrected chi connectivity index (χ1v) is 8.32. The maximum absolute atomic E-state index is 11.4. The predicted molar refractivity (Wildman–Crippen MR) is 86.3 cm³/mol. The molecule has 1 aliphatic heterocycles. The van der Waals surface area contributed by atoms with Crippen LogP contribution in [0, 0.1) is 6.92 Å². The molecule has 0 saturated carbocycles. The predicted octanol–water partition coefficient (Wildman–Crippen LogP) is 1.13. The monoisotopic (exact) mass is 336 g/mol. The van der Waals surface area contributed by atoms with E-state index in [2.05, 4.69) is 25.1 Å². The van der Waals surface area contributed by atoms with Crippen LogP contribution < -0.4 is 4.90 Å². The number of hydrogen-bond donors (Lipinski definition) is 1. The van der Waals surface area contributed by atoms with Gasteiger partial charge in [0, 0.05) is 39.0 Å². The zero-order chi connectivity index (χ0) is 16.4. The number of carbonyl (C=O) groups is 1. The van der Waals surface area contributed by atoms with Crippen molar-refractivity contribution >= 4 is 22.4 Å². The molecular weight excluding hydrogens is 316 g/mol. The summed E-state index contributed by atoms with van der Waals surface area (Å²) in [7, 11) is 1.74. The van der Waals surface area contributed by atoms with E-state index in [0.717, 1.165) is 36.3 Å². The Kier molecular flexibility index (Phi) is 4.69. The van der Waals surface area contributed by atoms with Crippen LogP contribution in [0.4, 0.5) is 5.13 Å². The quantitative estimate of drug-likeness (QED) is 0.900. The zero-order valence-electron chi connectivity index (χ0n) is 13.4. The summed E-state index contributed by atoms with van der Waals surface area (Å²) in [4.78, 5) is 24.1. The van der Waals surface area contributed by atoms with Gasteiger partial charge < -0.3 is 4.74 Å². The maximum Gasteiger partial charge on any atom is 0.225 e. The number of aryl methyl sites for hydroxylation is 1. The third-order valence-electron chi connectivity index (χ3n) is 3.74. The first kappa shape index (κ1) is 16.0. The van der Waals surface area contributed by atoms with Crippen LogP contribution >= 0.6 is 11.3 Å². The van der Waals surface area contributed by atoms with Crippen molar-refractivity contribution in [2.45, 2.75) is 26.5 Å². The Morgan fingerprint density at radius 1 is 1.57 bits per heavy atom. The van der Waals surface area contributed by atoms with Crippen LogP contribution in [0.1, 0.15) is 30.4 Å². The third kappa shape index (κ3) is 3.74. The fourth-order valence-electron chi connectivity index (χ4n) is 2.39. The highest BCUT2D eigenvalue weighted by molar-refractivity contribution is 7.14. The van der Waals surface area contributed by atoms with Gasteiger partial charge in [-0.2, -0.15) is 5.10 Å². The van der Waals surface area contributed by atoms with Crippen molar-refractivity contribution in [2.24, 2.45) is 0 Å². The van der Waals surface area contributed by atoms with E-state index in [4.69, 9.17) is 4.74 Å². The lowest BCUT2D eigenvalue weighted by atomic mass is 10.2. The number of aromatic amines is 1. The van der Waals surface area contributed by atoms with Gasteiger partial charge in [-0.05, 0) is 6.92 Å². The zero-order valence-corrected chi connectivity index (χ0v) is 14.3. The fraction of sp³-hybridized carbons (Fsp3) is 0.571. The molecule has 1 amide bonds. The van der Waals surface area contributed by atoms with Gasteiger partial charge >= 0.3 is 0 Å². The number of thiazole rings is 1. The summed E-state index contributed by atoms with van der Waals surface area (Å²) in [6.07, 6.45) is -0.119. The van der Waals surface area contributed by atoms with Crippen molar-refractivity contribution in [3.05, 3.63) is 22.7 Å². The lowest BCUT2D eigenvalue weighted by Gasteiger charge is -2.30. The van der Waals surface area contributed by atoms with E-state index in [9.17, 15) is 4.79 Å². The van der Waals surface area contributed by atoms with Gasteiger partial charge in [0.2, 0.25) is 5.91 Å². The van der Waals surface area contributed by atoms with E-state index in [1.54, 1.807) is 11.9 Å². The molecule has 0 bridgehead atoms. The Morgan fingerprint density at radius 2 is 2.39 bits per heavy atom. The minimum atomic E-state index is -0.119. The van der Waals surface area contributed by atoms with Gasteiger partial charge in [-0.1, -0.05) is 0 Å². The molecule has 9 heteroatoms. The number of anilines is 1. The Hall–Kier alpha value is -1.84. The van der Waals surface area contributed by atoms with Crippen LogP contribution in [0.3, 0.4) is 0 Å². The fourth-order valence-corrected chi connectivity index (χ4v) is 3.22. The number of carbonyl (C=O) groups excluding carboxylic acids is 1. The Labute approximate surface area is 138 Å². The molecule has 1 N–H and O–H groups in total. The highest BCUT2D eigenvalue weighted by Crippen LogP contribution is 2.23. The number of rotatable bonds is 4. The Bertz CT molecular complexity index is 684. The van der Waals surface area contributed by atoms with Gasteiger partial charge in [0.05, 0.1) is 12.3 Å². The lowest BCUT2D eigenvalue weighted by molar-refractivity contribution is -0.116. The topological polar surface area (TPSA) is 87.2 Å². The Morgan fingerprint density at radius 3 is 3.09 bits per heavy atom. The van der Waals surface area contributed by atoms with Crippen LogP contribution in [-0.4, -0.2) is 57.7 Å². The van der Waals surface area contributed by atoms with Crippen LogP contribution in [0.15, 0.2) is 5.38 Å². The standard InChI is InChI=1S/C14H20N6O2S/c1-9-15-13(18-17-9)12-7-20(4-5-22-12)6-11-8-23-14(16-11)19(3)10(2)21/h8,12H,4-7H2,1-3H3,(H,15,17,18)/t12-/m1/s1. The molecule has 8 nitrogen and oxygen atoms in total. The van der Waals surface area contributed by atoms with Crippen LogP contribution in [0.25, 0.3) is 0 Å². The molecule has 2 aromatic rings. The van der Waals surface area contributed by atoms with Crippen molar-refractivity contribution in [3.63, 3.8) is 0 Å². The molecule has 0 aliphatic carbocycles. The molecule has 1 fully saturated rings. The van der Waals surface area contributed by atoms with Gasteiger partial charge in [0.1, 0.15) is 11.9 Å². The van der Waals surface area contributed by atoms with E-state index < -0.39 is 0 Å². The number of nitrogens with one attached hydrogen (secondary N) is 1. The van der Waals surface area contributed by atoms with E-state index in [0.29, 0.717) is 12.4 Å². The first-order chi connectivity index (χ1) is 11.0. The second-order valence-electron chi connectivity index (χ2n) is 5.57. The van der Waals surface area contributed by atoms with Gasteiger partial charge in [-0.15, -0.1) is 11.3 Å². The highest BCUT2D eigenvalue weighted by atomic mass is 32.1. The molecule has 1 saturated heterocycles. The van der Waals surface area contributed by atoms with Crippen molar-refractivity contribution < 1.29 is 9.53 Å². The molecule has 23 heavy (non-hydrogen) atoms. The summed E-state index contributed by atoms with van der Waals surface area (Å²) in [5, 5.41) is 9.75. The van der Waals surface area contributed by atoms with E-state index in [1.165, 1.54) is 18.3 Å². The van der Waals surface area contributed by atoms with Crippen molar-refractivity contribution in [2.75, 3.05) is 31.6 Å². The molecule has 2 aromatic heterocycles. The normalized spacial score (nSPS) is 19.0.